The van der Waals surface area contributed by atoms with Crippen LogP contribution in [0.1, 0.15) is 37.0 Å². The summed E-state index contributed by atoms with van der Waals surface area (Å²) in [6.07, 6.45) is 1.05. The van der Waals surface area contributed by atoms with Crippen LogP contribution in [0.15, 0.2) is 18.2 Å². The number of carboxylic acid groups (broad SMARTS) is 1. The molecule has 0 aromatic heterocycles. The topological polar surface area (TPSA) is 84.9 Å². The summed E-state index contributed by atoms with van der Waals surface area (Å²) in [5.74, 6) is -0.507. The number of aliphatic carboxylic acids is 1. The highest BCUT2D eigenvalue weighted by Crippen LogP contribution is 2.28. The van der Waals surface area contributed by atoms with E-state index in [0.717, 1.165) is 0 Å². The van der Waals surface area contributed by atoms with E-state index < -0.39 is 17.9 Å². The Bertz CT molecular complexity index is 501. The first-order valence-electron chi connectivity index (χ1n) is 6.87. The lowest BCUT2D eigenvalue weighted by Gasteiger charge is -2.15. The van der Waals surface area contributed by atoms with E-state index in [0.29, 0.717) is 36.5 Å². The van der Waals surface area contributed by atoms with Crippen LogP contribution in [0.2, 0.25) is 0 Å². The second kappa shape index (κ2) is 8.14. The van der Waals surface area contributed by atoms with Crippen molar-refractivity contribution in [1.29, 1.82) is 0 Å². The zero-order valence-corrected chi connectivity index (χ0v) is 12.5. The largest absolute Gasteiger partial charge is 0.493 e. The molecule has 0 saturated carbocycles. The Labute approximate surface area is 124 Å². The molecule has 0 spiro atoms. The highest BCUT2D eigenvalue weighted by molar-refractivity contribution is 5.97. The van der Waals surface area contributed by atoms with Gasteiger partial charge >= 0.3 is 5.97 Å². The molecule has 6 nitrogen and oxygen atoms in total. The Hall–Kier alpha value is -2.24. The number of hydrogen-bond donors (Lipinski definition) is 2. The second-order valence-corrected chi connectivity index (χ2v) is 4.45. The van der Waals surface area contributed by atoms with Crippen LogP contribution in [0.3, 0.4) is 0 Å². The molecule has 1 aromatic rings. The van der Waals surface area contributed by atoms with Crippen LogP contribution in [-0.4, -0.2) is 36.7 Å². The van der Waals surface area contributed by atoms with Gasteiger partial charge in [0.15, 0.2) is 11.5 Å². The van der Waals surface area contributed by atoms with Crippen molar-refractivity contribution in [3.05, 3.63) is 23.8 Å². The molecule has 1 aromatic carbocycles. The summed E-state index contributed by atoms with van der Waals surface area (Å²) in [4.78, 5) is 23.2. The van der Waals surface area contributed by atoms with Crippen LogP contribution in [0.4, 0.5) is 0 Å². The minimum Gasteiger partial charge on any atom is -0.493 e. The first-order chi connectivity index (χ1) is 10.0. The van der Waals surface area contributed by atoms with Crippen LogP contribution in [0.5, 0.6) is 11.5 Å². The van der Waals surface area contributed by atoms with Crippen LogP contribution in [0.25, 0.3) is 0 Å². The Morgan fingerprint density at radius 1 is 1.29 bits per heavy atom. The lowest BCUT2D eigenvalue weighted by molar-refractivity contribution is -0.139. The van der Waals surface area contributed by atoms with Crippen molar-refractivity contribution in [2.24, 2.45) is 0 Å². The maximum atomic E-state index is 12.1. The smallest absolute Gasteiger partial charge is 0.326 e. The molecular weight excluding hydrogens is 274 g/mol. The monoisotopic (exact) mass is 295 g/mol. The van der Waals surface area contributed by atoms with Crippen molar-refractivity contribution in [2.75, 3.05) is 13.7 Å². The van der Waals surface area contributed by atoms with E-state index in [1.54, 1.807) is 12.1 Å². The van der Waals surface area contributed by atoms with Gasteiger partial charge in [-0.05, 0) is 31.5 Å². The van der Waals surface area contributed by atoms with E-state index in [2.05, 4.69) is 5.32 Å². The molecule has 0 radical (unpaired) electrons. The minimum absolute atomic E-state index is 0.331. The predicted molar refractivity (Wildman–Crippen MR) is 78.0 cm³/mol. The zero-order chi connectivity index (χ0) is 15.8. The number of hydrogen-bond acceptors (Lipinski definition) is 4. The molecule has 0 aliphatic rings. The number of amides is 1. The maximum absolute atomic E-state index is 12.1. The highest BCUT2D eigenvalue weighted by atomic mass is 16.5. The van der Waals surface area contributed by atoms with Gasteiger partial charge in [0.2, 0.25) is 0 Å². The average molecular weight is 295 g/mol. The van der Waals surface area contributed by atoms with Gasteiger partial charge < -0.3 is 19.9 Å². The number of rotatable bonds is 8. The predicted octanol–water partition coefficient (Wildman–Crippen LogP) is 2.08. The van der Waals surface area contributed by atoms with E-state index in [-0.39, 0.29) is 0 Å². The van der Waals surface area contributed by atoms with E-state index in [1.807, 2.05) is 13.8 Å². The number of carboxylic acids is 1. The van der Waals surface area contributed by atoms with Crippen molar-refractivity contribution in [1.82, 2.24) is 5.32 Å². The van der Waals surface area contributed by atoms with Crippen molar-refractivity contribution in [3.8, 4) is 11.5 Å². The van der Waals surface area contributed by atoms with Gasteiger partial charge in [-0.25, -0.2) is 4.79 Å². The lowest BCUT2D eigenvalue weighted by atomic mass is 10.1. The molecule has 6 heteroatoms. The Morgan fingerprint density at radius 2 is 2.00 bits per heavy atom. The number of carbonyl (C=O) groups is 2. The summed E-state index contributed by atoms with van der Waals surface area (Å²) in [5, 5.41) is 11.6. The Balaban J connectivity index is 2.89. The van der Waals surface area contributed by atoms with Gasteiger partial charge in [-0.1, -0.05) is 13.3 Å². The fourth-order valence-electron chi connectivity index (χ4n) is 1.87. The van der Waals surface area contributed by atoms with Gasteiger partial charge in [0.25, 0.3) is 5.91 Å². The van der Waals surface area contributed by atoms with Crippen LogP contribution < -0.4 is 14.8 Å². The van der Waals surface area contributed by atoms with Gasteiger partial charge in [-0.2, -0.15) is 0 Å². The number of carbonyl (C=O) groups excluding carboxylic acids is 1. The van der Waals surface area contributed by atoms with E-state index in [9.17, 15) is 9.59 Å². The summed E-state index contributed by atoms with van der Waals surface area (Å²) >= 11 is 0. The van der Waals surface area contributed by atoms with Crippen molar-refractivity contribution < 1.29 is 24.2 Å². The SMILES string of the molecule is CCC[C@H](NC(=O)c1ccc(OCC)c(OC)c1)C(=O)O. The van der Waals surface area contributed by atoms with Gasteiger partial charge in [0.1, 0.15) is 6.04 Å². The highest BCUT2D eigenvalue weighted by Gasteiger charge is 2.20. The van der Waals surface area contributed by atoms with Crippen LogP contribution in [-0.2, 0) is 4.79 Å². The Morgan fingerprint density at radius 3 is 2.52 bits per heavy atom. The van der Waals surface area contributed by atoms with Gasteiger partial charge in [-0.3, -0.25) is 4.79 Å². The van der Waals surface area contributed by atoms with Gasteiger partial charge in [-0.15, -0.1) is 0 Å². The third-order valence-electron chi connectivity index (χ3n) is 2.91. The average Bonchev–Trinajstić information content (AvgIpc) is 2.47. The quantitative estimate of drug-likeness (QED) is 0.767. The molecule has 0 aliphatic carbocycles. The fraction of sp³-hybridized carbons (Fsp3) is 0.467. The molecular formula is C15H21NO5. The molecule has 0 bridgehead atoms. The normalized spacial score (nSPS) is 11.6. The molecule has 1 amide bonds. The van der Waals surface area contributed by atoms with Gasteiger partial charge in [0, 0.05) is 5.56 Å². The van der Waals surface area contributed by atoms with E-state index >= 15 is 0 Å². The van der Waals surface area contributed by atoms with E-state index in [4.69, 9.17) is 14.6 Å². The summed E-state index contributed by atoms with van der Waals surface area (Å²) in [5.41, 5.74) is 0.331. The standard InChI is InChI=1S/C15H21NO5/c1-4-6-11(15(18)19)16-14(17)10-7-8-12(21-5-2)13(9-10)20-3/h7-9,11H,4-6H2,1-3H3,(H,16,17)(H,18,19)/t11-/m0/s1. The first-order valence-corrected chi connectivity index (χ1v) is 6.87. The number of methoxy groups -OCH3 is 1. The van der Waals surface area contributed by atoms with Crippen molar-refractivity contribution >= 4 is 11.9 Å². The van der Waals surface area contributed by atoms with Crippen LogP contribution in [0, 0.1) is 0 Å². The zero-order valence-electron chi connectivity index (χ0n) is 12.5. The molecule has 0 unspecified atom stereocenters. The second-order valence-electron chi connectivity index (χ2n) is 4.45. The van der Waals surface area contributed by atoms with Crippen LogP contribution >= 0.6 is 0 Å². The third-order valence-corrected chi connectivity index (χ3v) is 2.91. The fourth-order valence-corrected chi connectivity index (χ4v) is 1.87. The first kappa shape index (κ1) is 16.8. The van der Waals surface area contributed by atoms with Crippen molar-refractivity contribution in [2.45, 2.75) is 32.7 Å². The van der Waals surface area contributed by atoms with Gasteiger partial charge in [0.05, 0.1) is 13.7 Å². The molecule has 0 fully saturated rings. The summed E-state index contributed by atoms with van der Waals surface area (Å²) in [6, 6.07) is 3.85. The number of nitrogens with one attached hydrogen (secondary N) is 1. The molecule has 1 atom stereocenters. The van der Waals surface area contributed by atoms with E-state index in [1.165, 1.54) is 13.2 Å². The maximum Gasteiger partial charge on any atom is 0.326 e. The number of benzene rings is 1. The molecule has 1 rings (SSSR count). The summed E-state index contributed by atoms with van der Waals surface area (Å²) in [6.45, 7) is 4.20. The molecule has 21 heavy (non-hydrogen) atoms. The lowest BCUT2D eigenvalue weighted by Crippen LogP contribution is -2.40. The minimum atomic E-state index is -1.04. The summed E-state index contributed by atoms with van der Waals surface area (Å²) < 4.78 is 10.5. The molecule has 0 aliphatic heterocycles. The number of ether oxygens (including phenoxy) is 2. The Kier molecular flexibility index (Phi) is 6.52. The summed E-state index contributed by atoms with van der Waals surface area (Å²) in [7, 11) is 1.48. The molecule has 0 heterocycles. The molecule has 0 saturated heterocycles. The molecule has 2 N–H and O–H groups in total. The molecule has 116 valence electrons. The van der Waals surface area contributed by atoms with Crippen molar-refractivity contribution in [3.63, 3.8) is 0 Å². The third kappa shape index (κ3) is 4.66.